The Bertz CT molecular complexity index is 1040. The maximum atomic E-state index is 12.7. The molecule has 1 fully saturated rings. The number of thiocarbonyl (C=S) groups is 1. The normalized spacial score (nSPS) is 15.7. The summed E-state index contributed by atoms with van der Waals surface area (Å²) in [6.45, 7) is 0.0775. The lowest BCUT2D eigenvalue weighted by atomic mass is 10.1. The number of thioether (sulfide) groups is 1. The van der Waals surface area contributed by atoms with E-state index in [1.165, 1.54) is 16.7 Å². The number of benzene rings is 2. The summed E-state index contributed by atoms with van der Waals surface area (Å²) >= 11 is 6.47. The number of carbonyl (C=O) groups is 3. The van der Waals surface area contributed by atoms with E-state index >= 15 is 0 Å². The first kappa shape index (κ1) is 23.5. The molecule has 2 aromatic rings. The fraction of sp³-hybridized carbons (Fsp3) is 0.217. The first-order chi connectivity index (χ1) is 15.4. The Labute approximate surface area is 195 Å². The lowest BCUT2D eigenvalue weighted by Gasteiger charge is -2.17. The highest BCUT2D eigenvalue weighted by Crippen LogP contribution is 2.32. The Morgan fingerprint density at radius 3 is 2.50 bits per heavy atom. The van der Waals surface area contributed by atoms with Gasteiger partial charge in [0.15, 0.2) is 0 Å². The molecule has 1 unspecified atom stereocenters. The molecule has 2 aromatic carbocycles. The van der Waals surface area contributed by atoms with Gasteiger partial charge >= 0.3 is 5.97 Å². The molecule has 166 valence electrons. The predicted molar refractivity (Wildman–Crippen MR) is 127 cm³/mol. The van der Waals surface area contributed by atoms with Crippen LogP contribution in [0.5, 0.6) is 5.75 Å². The Morgan fingerprint density at radius 1 is 1.19 bits per heavy atom. The first-order valence-corrected chi connectivity index (χ1v) is 11.1. The van der Waals surface area contributed by atoms with Crippen LogP contribution in [0.3, 0.4) is 0 Å². The summed E-state index contributed by atoms with van der Waals surface area (Å²) in [4.78, 5) is 38.5. The standard InChI is InChI=1S/C23H22N2O5S2/c1-30-17-9-7-16(8-10-17)14-19-21(27)25(23(31)32-19)12-11-20(26)24-18(22(28)29)13-15-5-3-2-4-6-15/h2-10,14,18H,11-13H2,1H3,(H,24,26)(H,28,29). The van der Waals surface area contributed by atoms with Crippen molar-refractivity contribution < 1.29 is 24.2 Å². The maximum absolute atomic E-state index is 12.7. The molecule has 32 heavy (non-hydrogen) atoms. The Balaban J connectivity index is 1.57. The molecule has 2 amide bonds. The van der Waals surface area contributed by atoms with Crippen molar-refractivity contribution in [3.05, 3.63) is 70.6 Å². The van der Waals surface area contributed by atoms with Crippen LogP contribution >= 0.6 is 24.0 Å². The van der Waals surface area contributed by atoms with E-state index in [-0.39, 0.29) is 25.3 Å². The second kappa shape index (κ2) is 10.9. The van der Waals surface area contributed by atoms with Gasteiger partial charge in [-0.1, -0.05) is 66.4 Å². The smallest absolute Gasteiger partial charge is 0.326 e. The van der Waals surface area contributed by atoms with Crippen LogP contribution in [-0.2, 0) is 20.8 Å². The topological polar surface area (TPSA) is 95.9 Å². The first-order valence-electron chi connectivity index (χ1n) is 9.83. The summed E-state index contributed by atoms with van der Waals surface area (Å²) in [5, 5.41) is 12.0. The van der Waals surface area contributed by atoms with Crippen LogP contribution in [0.15, 0.2) is 59.5 Å². The number of hydrogen-bond acceptors (Lipinski definition) is 6. The fourth-order valence-corrected chi connectivity index (χ4v) is 4.38. The summed E-state index contributed by atoms with van der Waals surface area (Å²) < 4.78 is 5.49. The Kier molecular flexibility index (Phi) is 8.02. The van der Waals surface area contributed by atoms with E-state index in [0.717, 1.165) is 11.1 Å². The Morgan fingerprint density at radius 2 is 1.88 bits per heavy atom. The van der Waals surface area contributed by atoms with Crippen LogP contribution in [0.4, 0.5) is 0 Å². The van der Waals surface area contributed by atoms with Gasteiger partial charge in [-0.15, -0.1) is 0 Å². The van der Waals surface area contributed by atoms with Gasteiger partial charge in [-0.05, 0) is 29.3 Å². The third kappa shape index (κ3) is 6.18. The minimum absolute atomic E-state index is 0.0547. The third-order valence-electron chi connectivity index (χ3n) is 4.77. The van der Waals surface area contributed by atoms with E-state index < -0.39 is 17.9 Å². The van der Waals surface area contributed by atoms with Gasteiger partial charge in [0.2, 0.25) is 5.91 Å². The van der Waals surface area contributed by atoms with Crippen LogP contribution in [0.25, 0.3) is 6.08 Å². The van der Waals surface area contributed by atoms with Gasteiger partial charge in [0, 0.05) is 19.4 Å². The van der Waals surface area contributed by atoms with E-state index in [4.69, 9.17) is 17.0 Å². The zero-order valence-corrected chi connectivity index (χ0v) is 18.9. The highest BCUT2D eigenvalue weighted by molar-refractivity contribution is 8.26. The number of carbonyl (C=O) groups excluding carboxylic acids is 2. The van der Waals surface area contributed by atoms with Crippen LogP contribution < -0.4 is 10.1 Å². The van der Waals surface area contributed by atoms with Crippen molar-refractivity contribution in [2.45, 2.75) is 18.9 Å². The number of carboxylic acids is 1. The monoisotopic (exact) mass is 470 g/mol. The number of hydrogen-bond donors (Lipinski definition) is 2. The van der Waals surface area contributed by atoms with Gasteiger partial charge in [-0.25, -0.2) is 4.79 Å². The molecule has 1 aliphatic rings. The van der Waals surface area contributed by atoms with Crippen LogP contribution in [0, 0.1) is 0 Å². The van der Waals surface area contributed by atoms with Crippen molar-refractivity contribution in [1.29, 1.82) is 0 Å². The molecule has 3 rings (SSSR count). The molecule has 1 heterocycles. The van der Waals surface area contributed by atoms with Gasteiger partial charge in [0.05, 0.1) is 12.0 Å². The number of amides is 2. The highest BCUT2D eigenvalue weighted by atomic mass is 32.2. The van der Waals surface area contributed by atoms with E-state index in [2.05, 4.69) is 5.32 Å². The molecular weight excluding hydrogens is 448 g/mol. The van der Waals surface area contributed by atoms with Crippen molar-refractivity contribution in [3.8, 4) is 5.75 Å². The molecule has 1 saturated heterocycles. The van der Waals surface area contributed by atoms with Crippen LogP contribution in [-0.4, -0.2) is 51.8 Å². The molecule has 0 aliphatic carbocycles. The van der Waals surface area contributed by atoms with E-state index in [9.17, 15) is 19.5 Å². The molecular formula is C23H22N2O5S2. The van der Waals surface area contributed by atoms with Crippen molar-refractivity contribution in [2.24, 2.45) is 0 Å². The average molecular weight is 471 g/mol. The highest BCUT2D eigenvalue weighted by Gasteiger charge is 2.32. The van der Waals surface area contributed by atoms with Crippen LogP contribution in [0.2, 0.25) is 0 Å². The predicted octanol–water partition coefficient (Wildman–Crippen LogP) is 3.10. The SMILES string of the molecule is COc1ccc(C=C2SC(=S)N(CCC(=O)NC(Cc3ccccc3)C(=O)O)C2=O)cc1. The summed E-state index contributed by atoms with van der Waals surface area (Å²) in [6, 6.07) is 15.3. The summed E-state index contributed by atoms with van der Waals surface area (Å²) in [7, 11) is 1.58. The summed E-state index contributed by atoms with van der Waals surface area (Å²) in [5.41, 5.74) is 1.63. The lowest BCUT2D eigenvalue weighted by Crippen LogP contribution is -2.43. The number of nitrogens with one attached hydrogen (secondary N) is 1. The number of methoxy groups -OCH3 is 1. The quantitative estimate of drug-likeness (QED) is 0.429. The molecule has 2 N–H and O–H groups in total. The molecule has 9 heteroatoms. The number of carboxylic acid groups (broad SMARTS) is 1. The zero-order chi connectivity index (χ0) is 23.1. The number of ether oxygens (including phenoxy) is 1. The van der Waals surface area contributed by atoms with E-state index in [0.29, 0.717) is 15.0 Å². The number of rotatable bonds is 9. The third-order valence-corrected chi connectivity index (χ3v) is 6.14. The van der Waals surface area contributed by atoms with Gasteiger partial charge in [0.25, 0.3) is 5.91 Å². The zero-order valence-electron chi connectivity index (χ0n) is 17.3. The molecule has 7 nitrogen and oxygen atoms in total. The fourth-order valence-electron chi connectivity index (χ4n) is 3.07. The molecule has 0 bridgehead atoms. The summed E-state index contributed by atoms with van der Waals surface area (Å²) in [6.07, 6.45) is 1.85. The van der Waals surface area contributed by atoms with E-state index in [1.54, 1.807) is 37.5 Å². The van der Waals surface area contributed by atoms with Crippen molar-refractivity contribution in [3.63, 3.8) is 0 Å². The lowest BCUT2D eigenvalue weighted by molar-refractivity contribution is -0.141. The second-order valence-electron chi connectivity index (χ2n) is 7.00. The molecule has 0 spiro atoms. The molecule has 0 radical (unpaired) electrons. The minimum atomic E-state index is -1.12. The molecule has 1 aliphatic heterocycles. The average Bonchev–Trinajstić information content (AvgIpc) is 3.05. The van der Waals surface area contributed by atoms with Gasteiger partial charge in [-0.2, -0.15) is 0 Å². The number of aliphatic carboxylic acids is 1. The van der Waals surface area contributed by atoms with Gasteiger partial charge in [0.1, 0.15) is 16.1 Å². The summed E-state index contributed by atoms with van der Waals surface area (Å²) in [5.74, 6) is -1.13. The van der Waals surface area contributed by atoms with Crippen molar-refractivity contribution in [2.75, 3.05) is 13.7 Å². The van der Waals surface area contributed by atoms with Gasteiger partial charge < -0.3 is 15.2 Å². The Hall–Kier alpha value is -3.17. The maximum Gasteiger partial charge on any atom is 0.326 e. The van der Waals surface area contributed by atoms with Crippen molar-refractivity contribution in [1.82, 2.24) is 10.2 Å². The van der Waals surface area contributed by atoms with Crippen LogP contribution in [0.1, 0.15) is 17.5 Å². The second-order valence-corrected chi connectivity index (χ2v) is 8.68. The van der Waals surface area contributed by atoms with Crippen molar-refractivity contribution >= 4 is 52.2 Å². The largest absolute Gasteiger partial charge is 0.497 e. The molecule has 0 saturated carbocycles. The minimum Gasteiger partial charge on any atom is -0.497 e. The molecule has 1 atom stereocenters. The molecule has 0 aromatic heterocycles. The van der Waals surface area contributed by atoms with Gasteiger partial charge in [-0.3, -0.25) is 14.5 Å². The number of nitrogens with zero attached hydrogens (tertiary/aromatic N) is 1. The van der Waals surface area contributed by atoms with E-state index in [1.807, 2.05) is 30.3 Å².